The molecule has 1 aliphatic rings. The molecular weight excluding hydrogens is 394 g/mol. The van der Waals surface area contributed by atoms with Crippen LogP contribution in [0.3, 0.4) is 0 Å². The summed E-state index contributed by atoms with van der Waals surface area (Å²) >= 11 is 0. The number of nitrogens with zero attached hydrogens (tertiary/aromatic N) is 3. The number of nitrogens with one attached hydrogen (secondary N) is 2. The molecule has 1 unspecified atom stereocenters. The fourth-order valence-corrected chi connectivity index (χ4v) is 3.51. The van der Waals surface area contributed by atoms with E-state index in [0.717, 1.165) is 16.2 Å². The number of benzene rings is 1. The van der Waals surface area contributed by atoms with E-state index >= 15 is 0 Å². The summed E-state index contributed by atoms with van der Waals surface area (Å²) in [5, 5.41) is 9.91. The zero-order chi connectivity index (χ0) is 23.1. The maximum atomic E-state index is 13.1. The summed E-state index contributed by atoms with van der Waals surface area (Å²) in [4.78, 5) is 39.2. The molecule has 1 aliphatic heterocycles. The van der Waals surface area contributed by atoms with Crippen molar-refractivity contribution in [3.8, 4) is 0 Å². The van der Waals surface area contributed by atoms with Crippen LogP contribution >= 0.6 is 0 Å². The maximum absolute atomic E-state index is 13.1. The van der Waals surface area contributed by atoms with E-state index in [2.05, 4.69) is 29.6 Å². The van der Waals surface area contributed by atoms with E-state index in [1.807, 2.05) is 45.0 Å². The molecule has 0 saturated carbocycles. The van der Waals surface area contributed by atoms with Crippen LogP contribution in [0.2, 0.25) is 0 Å². The van der Waals surface area contributed by atoms with Gasteiger partial charge in [0.15, 0.2) is 0 Å². The SMILES string of the molecule is CC(C)c1ccc(C2(C)NC(=O)N(CC(=O)Nc3cc(C(C)(C)C)nn3C)C2=O)cc1. The van der Waals surface area contributed by atoms with Gasteiger partial charge in [0.2, 0.25) is 5.91 Å². The summed E-state index contributed by atoms with van der Waals surface area (Å²) < 4.78 is 1.57. The lowest BCUT2D eigenvalue weighted by Gasteiger charge is -2.22. The molecule has 3 rings (SSSR count). The molecule has 1 aromatic carbocycles. The van der Waals surface area contributed by atoms with Crippen LogP contribution in [0, 0.1) is 0 Å². The van der Waals surface area contributed by atoms with Crippen molar-refractivity contribution in [2.45, 2.75) is 58.4 Å². The smallest absolute Gasteiger partial charge is 0.319 e. The van der Waals surface area contributed by atoms with Crippen LogP contribution in [0.5, 0.6) is 0 Å². The van der Waals surface area contributed by atoms with Crippen LogP contribution in [0.15, 0.2) is 30.3 Å². The molecule has 0 radical (unpaired) electrons. The summed E-state index contributed by atoms with van der Waals surface area (Å²) in [7, 11) is 1.73. The quantitative estimate of drug-likeness (QED) is 0.719. The highest BCUT2D eigenvalue weighted by Crippen LogP contribution is 2.30. The first-order valence-electron chi connectivity index (χ1n) is 10.4. The molecule has 8 nitrogen and oxygen atoms in total. The second kappa shape index (κ2) is 7.83. The molecule has 4 amide bonds. The summed E-state index contributed by atoms with van der Waals surface area (Å²) in [6.07, 6.45) is 0. The van der Waals surface area contributed by atoms with Crippen LogP contribution in [-0.4, -0.2) is 39.1 Å². The molecule has 0 spiro atoms. The minimum atomic E-state index is -1.21. The maximum Gasteiger partial charge on any atom is 0.325 e. The van der Waals surface area contributed by atoms with Gasteiger partial charge in [-0.25, -0.2) is 4.79 Å². The summed E-state index contributed by atoms with van der Waals surface area (Å²) in [5.41, 5.74) is 1.28. The largest absolute Gasteiger partial charge is 0.325 e. The predicted octanol–water partition coefficient (Wildman–Crippen LogP) is 3.25. The van der Waals surface area contributed by atoms with Crippen molar-refractivity contribution in [3.05, 3.63) is 47.2 Å². The molecule has 0 bridgehead atoms. The average molecular weight is 426 g/mol. The number of urea groups is 1. The van der Waals surface area contributed by atoms with Crippen LogP contribution in [0.4, 0.5) is 10.6 Å². The molecule has 1 atom stereocenters. The van der Waals surface area contributed by atoms with E-state index in [1.165, 1.54) is 0 Å². The predicted molar refractivity (Wildman–Crippen MR) is 119 cm³/mol. The number of carbonyl (C=O) groups is 3. The highest BCUT2D eigenvalue weighted by molar-refractivity contribution is 6.10. The number of rotatable bonds is 5. The second-order valence-electron chi connectivity index (χ2n) is 9.56. The number of carbonyl (C=O) groups excluding carboxylic acids is 3. The molecule has 2 aromatic rings. The highest BCUT2D eigenvalue weighted by Gasteiger charge is 2.49. The normalized spacial score (nSPS) is 19.2. The molecule has 8 heteroatoms. The van der Waals surface area contributed by atoms with Crippen molar-refractivity contribution in [2.24, 2.45) is 7.05 Å². The Hall–Kier alpha value is -3.16. The Morgan fingerprint density at radius 1 is 1.19 bits per heavy atom. The minimum Gasteiger partial charge on any atom is -0.319 e. The van der Waals surface area contributed by atoms with E-state index in [1.54, 1.807) is 24.7 Å². The third-order valence-corrected chi connectivity index (χ3v) is 5.65. The molecule has 1 fully saturated rings. The Kier molecular flexibility index (Phi) is 5.69. The number of hydrogen-bond donors (Lipinski definition) is 2. The van der Waals surface area contributed by atoms with E-state index in [0.29, 0.717) is 17.3 Å². The van der Waals surface area contributed by atoms with Gasteiger partial charge in [-0.3, -0.25) is 19.2 Å². The Labute approximate surface area is 183 Å². The lowest BCUT2D eigenvalue weighted by molar-refractivity contribution is -0.133. The van der Waals surface area contributed by atoms with Gasteiger partial charge in [-0.1, -0.05) is 58.9 Å². The van der Waals surface area contributed by atoms with Gasteiger partial charge in [0.05, 0.1) is 5.69 Å². The Bertz CT molecular complexity index is 1020. The van der Waals surface area contributed by atoms with Gasteiger partial charge >= 0.3 is 6.03 Å². The monoisotopic (exact) mass is 425 g/mol. The lowest BCUT2D eigenvalue weighted by Crippen LogP contribution is -2.42. The lowest BCUT2D eigenvalue weighted by atomic mass is 9.90. The zero-order valence-corrected chi connectivity index (χ0v) is 19.2. The second-order valence-corrected chi connectivity index (χ2v) is 9.56. The van der Waals surface area contributed by atoms with Gasteiger partial charge in [0, 0.05) is 18.5 Å². The van der Waals surface area contributed by atoms with Crippen molar-refractivity contribution in [2.75, 3.05) is 11.9 Å². The van der Waals surface area contributed by atoms with Crippen LogP contribution in [0.1, 0.15) is 64.3 Å². The first-order chi connectivity index (χ1) is 14.3. The van der Waals surface area contributed by atoms with Crippen molar-refractivity contribution in [3.63, 3.8) is 0 Å². The standard InChI is InChI=1S/C23H31N5O3/c1-14(2)15-8-10-16(11-9-15)23(6)20(30)28(21(31)25-23)13-19(29)24-18-12-17(22(3,4)5)26-27(18)7/h8-12,14H,13H2,1-7H3,(H,24,29)(H,25,31). The van der Waals surface area contributed by atoms with Gasteiger partial charge in [0.25, 0.3) is 5.91 Å². The molecular formula is C23H31N5O3. The number of amides is 4. The number of hydrogen-bond acceptors (Lipinski definition) is 4. The van der Waals surface area contributed by atoms with Gasteiger partial charge in [-0.2, -0.15) is 5.10 Å². The summed E-state index contributed by atoms with van der Waals surface area (Å²) in [6, 6.07) is 8.81. The number of imide groups is 1. The van der Waals surface area contributed by atoms with E-state index < -0.39 is 23.4 Å². The van der Waals surface area contributed by atoms with E-state index in [9.17, 15) is 14.4 Å². The number of aromatic nitrogens is 2. The Balaban J connectivity index is 1.74. The molecule has 2 heterocycles. The van der Waals surface area contributed by atoms with Gasteiger partial charge < -0.3 is 10.6 Å². The molecule has 31 heavy (non-hydrogen) atoms. The highest BCUT2D eigenvalue weighted by atomic mass is 16.2. The van der Waals surface area contributed by atoms with E-state index in [4.69, 9.17) is 0 Å². The average Bonchev–Trinajstić information content (AvgIpc) is 3.15. The molecule has 2 N–H and O–H groups in total. The van der Waals surface area contributed by atoms with Gasteiger partial charge in [-0.15, -0.1) is 0 Å². The summed E-state index contributed by atoms with van der Waals surface area (Å²) in [5.74, 6) is -0.0487. The zero-order valence-electron chi connectivity index (χ0n) is 19.2. The van der Waals surface area contributed by atoms with Crippen LogP contribution in [0.25, 0.3) is 0 Å². The molecule has 0 aliphatic carbocycles. The van der Waals surface area contributed by atoms with Crippen molar-refractivity contribution in [1.82, 2.24) is 20.0 Å². The molecule has 166 valence electrons. The number of anilines is 1. The van der Waals surface area contributed by atoms with Crippen LogP contribution < -0.4 is 10.6 Å². The number of aryl methyl sites for hydroxylation is 1. The Morgan fingerprint density at radius 3 is 2.32 bits per heavy atom. The topological polar surface area (TPSA) is 96.3 Å². The molecule has 1 saturated heterocycles. The van der Waals surface area contributed by atoms with Crippen molar-refractivity contribution in [1.29, 1.82) is 0 Å². The first-order valence-corrected chi connectivity index (χ1v) is 10.4. The summed E-state index contributed by atoms with van der Waals surface area (Å²) in [6.45, 7) is 11.6. The van der Waals surface area contributed by atoms with Crippen LogP contribution in [-0.2, 0) is 27.6 Å². The minimum absolute atomic E-state index is 0.168. The fraction of sp³-hybridized carbons (Fsp3) is 0.478. The van der Waals surface area contributed by atoms with Gasteiger partial charge in [0.1, 0.15) is 17.9 Å². The van der Waals surface area contributed by atoms with E-state index in [-0.39, 0.29) is 12.0 Å². The third-order valence-electron chi connectivity index (χ3n) is 5.65. The van der Waals surface area contributed by atoms with Crippen molar-refractivity contribution < 1.29 is 14.4 Å². The molecule has 1 aromatic heterocycles. The fourth-order valence-electron chi connectivity index (χ4n) is 3.51. The van der Waals surface area contributed by atoms with Gasteiger partial charge in [-0.05, 0) is 24.0 Å². The first kappa shape index (κ1) is 22.5. The van der Waals surface area contributed by atoms with Crippen molar-refractivity contribution >= 4 is 23.7 Å². The Morgan fingerprint density at radius 2 is 1.81 bits per heavy atom. The third kappa shape index (κ3) is 4.33.